The summed E-state index contributed by atoms with van der Waals surface area (Å²) < 4.78 is 20.1. The summed E-state index contributed by atoms with van der Waals surface area (Å²) in [5, 5.41) is 11.1. The molecule has 2 heterocycles. The molecule has 0 saturated carbocycles. The van der Waals surface area contributed by atoms with Crippen LogP contribution in [0.1, 0.15) is 23.7 Å². The molecule has 130 valence electrons. The largest absolute Gasteiger partial charge is 0.382 e. The Bertz CT molecular complexity index is 861. The topological polar surface area (TPSA) is 68.5 Å². The van der Waals surface area contributed by atoms with Gasteiger partial charge in [-0.05, 0) is 49.7 Å². The second kappa shape index (κ2) is 7.85. The molecular weight excluding hydrogens is 323 g/mol. The highest BCUT2D eigenvalue weighted by molar-refractivity contribution is 5.95. The smallest absolute Gasteiger partial charge is 0.251 e. The molecule has 1 N–H and O–H groups in total. The molecule has 0 aliphatic rings. The second-order valence-electron chi connectivity index (χ2n) is 5.48. The number of fused-ring (bicyclic) bond motifs is 1. The summed E-state index contributed by atoms with van der Waals surface area (Å²) in [5.74, 6) is 0.130. The zero-order valence-electron chi connectivity index (χ0n) is 13.9. The molecule has 25 heavy (non-hydrogen) atoms. The summed E-state index contributed by atoms with van der Waals surface area (Å²) in [7, 11) is 0. The lowest BCUT2D eigenvalue weighted by atomic mass is 10.2. The molecule has 0 unspecified atom stereocenters. The molecule has 0 radical (unpaired) electrons. The minimum absolute atomic E-state index is 0.162. The molecule has 0 aliphatic carbocycles. The first-order chi connectivity index (χ1) is 12.2. The first kappa shape index (κ1) is 17.0. The first-order valence-corrected chi connectivity index (χ1v) is 8.15. The number of hydrogen-bond donors (Lipinski definition) is 1. The van der Waals surface area contributed by atoms with Gasteiger partial charge in [0, 0.05) is 37.1 Å². The van der Waals surface area contributed by atoms with Crippen LogP contribution in [-0.4, -0.2) is 40.3 Å². The van der Waals surface area contributed by atoms with E-state index in [9.17, 15) is 9.18 Å². The zero-order chi connectivity index (χ0) is 17.6. The van der Waals surface area contributed by atoms with Crippen LogP contribution in [0.2, 0.25) is 0 Å². The number of carbonyl (C=O) groups is 1. The molecular formula is C18H19FN4O2. The minimum atomic E-state index is -0.305. The monoisotopic (exact) mass is 342 g/mol. The Balaban J connectivity index is 1.73. The number of nitrogens with one attached hydrogen (secondary N) is 1. The maximum Gasteiger partial charge on any atom is 0.251 e. The van der Waals surface area contributed by atoms with Crippen molar-refractivity contribution in [2.75, 3.05) is 19.8 Å². The molecule has 0 saturated heterocycles. The van der Waals surface area contributed by atoms with E-state index in [4.69, 9.17) is 4.74 Å². The number of nitrogens with zero attached hydrogens (tertiary/aromatic N) is 3. The summed E-state index contributed by atoms with van der Waals surface area (Å²) in [6, 6.07) is 9.43. The van der Waals surface area contributed by atoms with E-state index in [0.29, 0.717) is 36.8 Å². The van der Waals surface area contributed by atoms with E-state index < -0.39 is 0 Å². The van der Waals surface area contributed by atoms with Gasteiger partial charge in [-0.3, -0.25) is 9.20 Å². The van der Waals surface area contributed by atoms with Crippen molar-refractivity contribution in [3.63, 3.8) is 0 Å². The fourth-order valence-corrected chi connectivity index (χ4v) is 2.45. The van der Waals surface area contributed by atoms with Crippen molar-refractivity contribution in [1.82, 2.24) is 19.9 Å². The number of hydrogen-bond acceptors (Lipinski definition) is 4. The number of pyridine rings is 1. The molecule has 0 spiro atoms. The van der Waals surface area contributed by atoms with E-state index >= 15 is 0 Å². The number of amides is 1. The van der Waals surface area contributed by atoms with Crippen molar-refractivity contribution in [2.45, 2.75) is 13.3 Å². The number of aromatic nitrogens is 3. The Morgan fingerprint density at radius 1 is 1.24 bits per heavy atom. The quantitative estimate of drug-likeness (QED) is 0.670. The van der Waals surface area contributed by atoms with Crippen molar-refractivity contribution in [3.8, 4) is 11.4 Å². The first-order valence-electron chi connectivity index (χ1n) is 8.15. The molecule has 0 atom stereocenters. The van der Waals surface area contributed by atoms with Gasteiger partial charge in [0.05, 0.1) is 0 Å². The summed E-state index contributed by atoms with van der Waals surface area (Å²) in [4.78, 5) is 12.2. The van der Waals surface area contributed by atoms with Gasteiger partial charge in [0.1, 0.15) is 5.82 Å². The van der Waals surface area contributed by atoms with Crippen LogP contribution in [0.15, 0.2) is 42.6 Å². The van der Waals surface area contributed by atoms with E-state index in [2.05, 4.69) is 15.5 Å². The Morgan fingerprint density at radius 2 is 2.04 bits per heavy atom. The third kappa shape index (κ3) is 4.00. The minimum Gasteiger partial charge on any atom is -0.382 e. The molecule has 2 aromatic heterocycles. The summed E-state index contributed by atoms with van der Waals surface area (Å²) in [5.41, 5.74) is 1.82. The van der Waals surface area contributed by atoms with Crippen molar-refractivity contribution in [2.24, 2.45) is 0 Å². The molecule has 7 heteroatoms. The van der Waals surface area contributed by atoms with Gasteiger partial charge < -0.3 is 10.1 Å². The van der Waals surface area contributed by atoms with Crippen LogP contribution in [0.4, 0.5) is 4.39 Å². The van der Waals surface area contributed by atoms with Crippen LogP contribution in [0.3, 0.4) is 0 Å². The highest BCUT2D eigenvalue weighted by Gasteiger charge is 2.11. The number of ether oxygens (including phenoxy) is 1. The number of benzene rings is 1. The van der Waals surface area contributed by atoms with Crippen molar-refractivity contribution < 1.29 is 13.9 Å². The van der Waals surface area contributed by atoms with Crippen LogP contribution in [0.5, 0.6) is 0 Å². The highest BCUT2D eigenvalue weighted by Crippen LogP contribution is 2.19. The zero-order valence-corrected chi connectivity index (χ0v) is 13.9. The predicted octanol–water partition coefficient (Wildman–Crippen LogP) is 2.69. The van der Waals surface area contributed by atoms with E-state index in [-0.39, 0.29) is 11.7 Å². The van der Waals surface area contributed by atoms with Crippen LogP contribution in [0, 0.1) is 5.82 Å². The summed E-state index contributed by atoms with van der Waals surface area (Å²) in [6.45, 7) is 3.79. The van der Waals surface area contributed by atoms with Gasteiger partial charge in [0.2, 0.25) is 0 Å². The van der Waals surface area contributed by atoms with Gasteiger partial charge in [-0.25, -0.2) is 4.39 Å². The number of halogens is 1. The molecule has 0 fully saturated rings. The number of carbonyl (C=O) groups excluding carboxylic acids is 1. The van der Waals surface area contributed by atoms with Crippen LogP contribution >= 0.6 is 0 Å². The van der Waals surface area contributed by atoms with Crippen LogP contribution < -0.4 is 5.32 Å². The van der Waals surface area contributed by atoms with Crippen LogP contribution in [0.25, 0.3) is 17.0 Å². The lowest BCUT2D eigenvalue weighted by Crippen LogP contribution is -2.25. The van der Waals surface area contributed by atoms with Gasteiger partial charge in [-0.1, -0.05) is 0 Å². The lowest BCUT2D eigenvalue weighted by Gasteiger charge is -2.06. The predicted molar refractivity (Wildman–Crippen MR) is 91.8 cm³/mol. The number of rotatable bonds is 7. The Labute approximate surface area is 144 Å². The van der Waals surface area contributed by atoms with E-state index in [1.54, 1.807) is 34.9 Å². The summed E-state index contributed by atoms with van der Waals surface area (Å²) in [6.07, 6.45) is 2.50. The van der Waals surface area contributed by atoms with Gasteiger partial charge in [0.15, 0.2) is 11.5 Å². The molecule has 1 aromatic carbocycles. The average Bonchev–Trinajstić information content (AvgIpc) is 3.05. The molecule has 0 aliphatic heterocycles. The maximum absolute atomic E-state index is 13.1. The van der Waals surface area contributed by atoms with Gasteiger partial charge in [-0.2, -0.15) is 0 Å². The molecule has 0 bridgehead atoms. The van der Waals surface area contributed by atoms with E-state index in [1.165, 1.54) is 12.1 Å². The van der Waals surface area contributed by atoms with Crippen molar-refractivity contribution in [3.05, 3.63) is 54.0 Å². The van der Waals surface area contributed by atoms with Gasteiger partial charge in [0.25, 0.3) is 5.91 Å². The van der Waals surface area contributed by atoms with E-state index in [0.717, 1.165) is 12.0 Å². The molecule has 3 aromatic rings. The lowest BCUT2D eigenvalue weighted by molar-refractivity contribution is 0.0944. The highest BCUT2D eigenvalue weighted by atomic mass is 19.1. The molecule has 6 nitrogen and oxygen atoms in total. The normalized spacial score (nSPS) is 11.0. The Kier molecular flexibility index (Phi) is 5.35. The van der Waals surface area contributed by atoms with Crippen molar-refractivity contribution in [1.29, 1.82) is 0 Å². The van der Waals surface area contributed by atoms with Crippen molar-refractivity contribution >= 4 is 11.6 Å². The maximum atomic E-state index is 13.1. The van der Waals surface area contributed by atoms with Gasteiger partial charge in [-0.15, -0.1) is 10.2 Å². The van der Waals surface area contributed by atoms with E-state index in [1.807, 2.05) is 6.92 Å². The fourth-order valence-electron chi connectivity index (χ4n) is 2.45. The second-order valence-corrected chi connectivity index (χ2v) is 5.48. The third-order valence-corrected chi connectivity index (χ3v) is 3.73. The molecule has 1 amide bonds. The summed E-state index contributed by atoms with van der Waals surface area (Å²) >= 11 is 0. The standard InChI is InChI=1S/C18H19FN4O2/c1-2-25-11-3-9-20-18(24)14-8-10-23-16(12-14)21-22-17(23)13-4-6-15(19)7-5-13/h4-8,10,12H,2-3,9,11H2,1H3,(H,20,24). The SMILES string of the molecule is CCOCCCNC(=O)c1ccn2c(-c3ccc(F)cc3)nnc2c1. The Hall–Kier alpha value is -2.80. The Morgan fingerprint density at radius 3 is 2.80 bits per heavy atom. The fraction of sp³-hybridized carbons (Fsp3) is 0.278. The molecule has 3 rings (SSSR count). The third-order valence-electron chi connectivity index (χ3n) is 3.73. The van der Waals surface area contributed by atoms with Gasteiger partial charge >= 0.3 is 0 Å². The van der Waals surface area contributed by atoms with Crippen LogP contribution in [-0.2, 0) is 4.74 Å². The average molecular weight is 342 g/mol.